The van der Waals surface area contributed by atoms with Crippen molar-refractivity contribution in [1.29, 1.82) is 0 Å². The third-order valence-electron chi connectivity index (χ3n) is 5.18. The van der Waals surface area contributed by atoms with Gasteiger partial charge in [-0.1, -0.05) is 48.0 Å². The lowest BCUT2D eigenvalue weighted by molar-refractivity contribution is -0.133. The molecule has 0 bridgehead atoms. The first-order chi connectivity index (χ1) is 13.6. The number of amides is 1. The number of rotatable bonds is 3. The molecule has 0 aliphatic carbocycles. The Kier molecular flexibility index (Phi) is 6.57. The molecule has 1 amide bonds. The van der Waals surface area contributed by atoms with Crippen molar-refractivity contribution in [3.63, 3.8) is 0 Å². The van der Waals surface area contributed by atoms with E-state index >= 15 is 0 Å². The van der Waals surface area contributed by atoms with Gasteiger partial charge in [-0.15, -0.1) is 12.4 Å². The molecule has 1 atom stereocenters. The van der Waals surface area contributed by atoms with E-state index in [0.717, 1.165) is 17.5 Å². The SMILES string of the molecule is Cl.Cn1nc(CC(=O)N2CCNCC2c2ccccc2Cl)c2ccccc2c1=O. The van der Waals surface area contributed by atoms with Crippen LogP contribution < -0.4 is 10.9 Å². The molecule has 1 N–H and O–H groups in total. The Balaban J connectivity index is 0.00000240. The molecule has 1 aliphatic heterocycles. The van der Waals surface area contributed by atoms with Gasteiger partial charge in [-0.25, -0.2) is 4.68 Å². The fourth-order valence-corrected chi connectivity index (χ4v) is 4.04. The summed E-state index contributed by atoms with van der Waals surface area (Å²) in [5.41, 5.74) is 1.38. The summed E-state index contributed by atoms with van der Waals surface area (Å²) in [5.74, 6) is -0.0253. The second-order valence-corrected chi connectivity index (χ2v) is 7.33. The molecule has 2 heterocycles. The molecule has 6 nitrogen and oxygen atoms in total. The molecule has 29 heavy (non-hydrogen) atoms. The van der Waals surface area contributed by atoms with Crippen LogP contribution in [0.25, 0.3) is 10.8 Å². The molecule has 1 saturated heterocycles. The number of fused-ring (bicyclic) bond motifs is 1. The molecule has 0 spiro atoms. The summed E-state index contributed by atoms with van der Waals surface area (Å²) in [6.45, 7) is 1.98. The number of carbonyl (C=O) groups is 1. The van der Waals surface area contributed by atoms with E-state index in [1.54, 1.807) is 13.1 Å². The number of carbonyl (C=O) groups excluding carboxylic acids is 1. The first-order valence-electron chi connectivity index (χ1n) is 9.26. The van der Waals surface area contributed by atoms with Crippen LogP contribution in [0.4, 0.5) is 0 Å². The van der Waals surface area contributed by atoms with Crippen LogP contribution in [-0.4, -0.2) is 40.2 Å². The summed E-state index contributed by atoms with van der Waals surface area (Å²) < 4.78 is 1.30. The predicted octanol–water partition coefficient (Wildman–Crippen LogP) is 2.72. The van der Waals surface area contributed by atoms with Gasteiger partial charge in [0.05, 0.1) is 23.5 Å². The fraction of sp³-hybridized carbons (Fsp3) is 0.286. The highest BCUT2D eigenvalue weighted by Crippen LogP contribution is 2.29. The summed E-state index contributed by atoms with van der Waals surface area (Å²) >= 11 is 6.39. The first-order valence-corrected chi connectivity index (χ1v) is 9.63. The molecule has 0 radical (unpaired) electrons. The third-order valence-corrected chi connectivity index (χ3v) is 5.52. The van der Waals surface area contributed by atoms with Crippen LogP contribution >= 0.6 is 24.0 Å². The molecule has 1 fully saturated rings. The number of hydrogen-bond acceptors (Lipinski definition) is 4. The van der Waals surface area contributed by atoms with Gasteiger partial charge >= 0.3 is 0 Å². The van der Waals surface area contributed by atoms with Gasteiger partial charge in [0.2, 0.25) is 5.91 Å². The van der Waals surface area contributed by atoms with Crippen molar-refractivity contribution in [2.75, 3.05) is 19.6 Å². The monoisotopic (exact) mass is 432 g/mol. The van der Waals surface area contributed by atoms with Crippen molar-refractivity contribution >= 4 is 40.7 Å². The minimum atomic E-state index is -0.164. The smallest absolute Gasteiger partial charge is 0.274 e. The van der Waals surface area contributed by atoms with Crippen LogP contribution in [0.3, 0.4) is 0 Å². The Labute approximate surface area is 179 Å². The van der Waals surface area contributed by atoms with E-state index in [2.05, 4.69) is 10.4 Å². The summed E-state index contributed by atoms with van der Waals surface area (Å²) in [5, 5.41) is 9.66. The van der Waals surface area contributed by atoms with Crippen LogP contribution in [0, 0.1) is 0 Å². The number of hydrogen-bond donors (Lipinski definition) is 1. The first kappa shape index (κ1) is 21.3. The van der Waals surface area contributed by atoms with Crippen molar-refractivity contribution < 1.29 is 4.79 Å². The van der Waals surface area contributed by atoms with E-state index in [1.807, 2.05) is 47.4 Å². The lowest BCUT2D eigenvalue weighted by Crippen LogP contribution is -2.49. The average molecular weight is 433 g/mol. The molecule has 4 rings (SSSR count). The van der Waals surface area contributed by atoms with Gasteiger partial charge in [0, 0.05) is 37.1 Å². The van der Waals surface area contributed by atoms with Crippen LogP contribution in [0.2, 0.25) is 5.02 Å². The van der Waals surface area contributed by atoms with E-state index in [-0.39, 0.29) is 36.3 Å². The normalized spacial score (nSPS) is 16.5. The number of nitrogens with one attached hydrogen (secondary N) is 1. The van der Waals surface area contributed by atoms with E-state index in [1.165, 1.54) is 4.68 Å². The molecule has 1 aromatic heterocycles. The Morgan fingerprint density at radius 2 is 1.86 bits per heavy atom. The molecule has 152 valence electrons. The van der Waals surface area contributed by atoms with Gasteiger partial charge in [-0.3, -0.25) is 9.59 Å². The maximum Gasteiger partial charge on any atom is 0.274 e. The maximum absolute atomic E-state index is 13.2. The molecular weight excluding hydrogens is 411 g/mol. The van der Waals surface area contributed by atoms with Crippen molar-refractivity contribution in [1.82, 2.24) is 20.0 Å². The minimum absolute atomic E-state index is 0. The summed E-state index contributed by atoms with van der Waals surface area (Å²) in [6, 6.07) is 14.8. The molecule has 1 unspecified atom stereocenters. The van der Waals surface area contributed by atoms with Gasteiger partial charge in [-0.2, -0.15) is 5.10 Å². The van der Waals surface area contributed by atoms with E-state index in [9.17, 15) is 9.59 Å². The Bertz CT molecular complexity index is 1100. The second-order valence-electron chi connectivity index (χ2n) is 6.93. The van der Waals surface area contributed by atoms with E-state index < -0.39 is 0 Å². The number of nitrogens with zero attached hydrogens (tertiary/aromatic N) is 3. The van der Waals surface area contributed by atoms with Crippen molar-refractivity contribution in [3.05, 3.63) is 75.2 Å². The van der Waals surface area contributed by atoms with Crippen LogP contribution in [0.1, 0.15) is 17.3 Å². The summed E-state index contributed by atoms with van der Waals surface area (Å²) in [4.78, 5) is 27.4. The molecule has 2 aromatic carbocycles. The molecule has 1 aliphatic rings. The largest absolute Gasteiger partial charge is 0.333 e. The molecular formula is C21H22Cl2N4O2. The zero-order chi connectivity index (χ0) is 19.7. The summed E-state index contributed by atoms with van der Waals surface area (Å²) in [6.07, 6.45) is 0.135. The quantitative estimate of drug-likeness (QED) is 0.690. The number of piperazine rings is 1. The number of aryl methyl sites for hydroxylation is 1. The van der Waals surface area contributed by atoms with Crippen molar-refractivity contribution in [3.8, 4) is 0 Å². The lowest BCUT2D eigenvalue weighted by atomic mass is 10.0. The van der Waals surface area contributed by atoms with Crippen molar-refractivity contribution in [2.45, 2.75) is 12.5 Å². The van der Waals surface area contributed by atoms with Crippen LogP contribution in [0.5, 0.6) is 0 Å². The van der Waals surface area contributed by atoms with Gasteiger partial charge in [-0.05, 0) is 17.7 Å². The summed E-state index contributed by atoms with van der Waals surface area (Å²) in [7, 11) is 1.61. The molecule has 3 aromatic rings. The average Bonchev–Trinajstić information content (AvgIpc) is 2.72. The topological polar surface area (TPSA) is 67.2 Å². The van der Waals surface area contributed by atoms with E-state index in [4.69, 9.17) is 11.6 Å². The van der Waals surface area contributed by atoms with Gasteiger partial charge in [0.1, 0.15) is 0 Å². The van der Waals surface area contributed by atoms with Crippen molar-refractivity contribution in [2.24, 2.45) is 7.05 Å². The Morgan fingerprint density at radius 3 is 2.62 bits per heavy atom. The standard InChI is InChI=1S/C21H21ClN4O2.ClH/c1-25-21(28)15-7-3-2-6-14(15)18(24-25)12-20(27)26-11-10-23-13-19(26)16-8-4-5-9-17(16)22;/h2-9,19,23H,10-13H2,1H3;1H. The van der Waals surface area contributed by atoms with Gasteiger partial charge < -0.3 is 10.2 Å². The maximum atomic E-state index is 13.2. The number of halogens is 2. The Morgan fingerprint density at radius 1 is 1.17 bits per heavy atom. The molecule has 0 saturated carbocycles. The van der Waals surface area contributed by atoms with Crippen LogP contribution in [0.15, 0.2) is 53.3 Å². The highest BCUT2D eigenvalue weighted by molar-refractivity contribution is 6.31. The number of benzene rings is 2. The predicted molar refractivity (Wildman–Crippen MR) is 117 cm³/mol. The third kappa shape index (κ3) is 4.15. The zero-order valence-electron chi connectivity index (χ0n) is 16.0. The van der Waals surface area contributed by atoms with Gasteiger partial charge in [0.25, 0.3) is 5.56 Å². The lowest BCUT2D eigenvalue weighted by Gasteiger charge is -2.37. The Hall–Kier alpha value is -2.41. The highest BCUT2D eigenvalue weighted by atomic mass is 35.5. The zero-order valence-corrected chi connectivity index (χ0v) is 17.5. The molecule has 8 heteroatoms. The highest BCUT2D eigenvalue weighted by Gasteiger charge is 2.29. The van der Waals surface area contributed by atoms with Gasteiger partial charge in [0.15, 0.2) is 0 Å². The second kappa shape index (κ2) is 8.95. The van der Waals surface area contributed by atoms with Crippen LogP contribution in [-0.2, 0) is 18.3 Å². The number of aromatic nitrogens is 2. The van der Waals surface area contributed by atoms with E-state index in [0.29, 0.717) is 29.2 Å². The minimum Gasteiger partial charge on any atom is -0.333 e. The fourth-order valence-electron chi connectivity index (χ4n) is 3.78.